The van der Waals surface area contributed by atoms with Crippen molar-refractivity contribution in [3.8, 4) is 0 Å². The first kappa shape index (κ1) is 14.3. The van der Waals surface area contributed by atoms with Crippen LogP contribution in [0.15, 0.2) is 30.3 Å². The summed E-state index contributed by atoms with van der Waals surface area (Å²) in [5.74, 6) is -1.90. The van der Waals surface area contributed by atoms with Crippen LogP contribution in [-0.2, 0) is 11.2 Å². The van der Waals surface area contributed by atoms with Crippen molar-refractivity contribution in [3.63, 3.8) is 0 Å². The zero-order valence-corrected chi connectivity index (χ0v) is 9.31. The Kier molecular flexibility index (Phi) is 4.87. The van der Waals surface area contributed by atoms with Gasteiger partial charge in [0.15, 0.2) is 0 Å². The molecule has 7 heteroatoms. The third kappa shape index (κ3) is 2.91. The van der Waals surface area contributed by atoms with Crippen LogP contribution < -0.4 is 11.3 Å². The first-order valence-corrected chi connectivity index (χ1v) is 4.43. The molecule has 0 spiro atoms. The standard InChI is InChI=1S/C9H8ClNO4.H3N/c10-9(8(12)13,11(14)15)6-7-4-2-1-3-5-7;/h1-5H,6H2,(H,12,13);1H3. The molecular weight excluding hydrogens is 236 g/mol. The van der Waals surface area contributed by atoms with Gasteiger partial charge >= 0.3 is 5.00 Å². The van der Waals surface area contributed by atoms with E-state index in [1.165, 1.54) is 0 Å². The molecule has 0 bridgehead atoms. The van der Waals surface area contributed by atoms with Gasteiger partial charge in [0.25, 0.3) is 0 Å². The highest BCUT2D eigenvalue weighted by atomic mass is 35.5. The molecule has 0 aliphatic carbocycles. The van der Waals surface area contributed by atoms with Gasteiger partial charge in [-0.2, -0.15) is 0 Å². The number of alkyl halides is 1. The molecule has 0 radical (unpaired) electrons. The lowest BCUT2D eigenvalue weighted by molar-refractivity contribution is -0.541. The molecule has 0 amide bonds. The predicted octanol–water partition coefficient (Wildman–Crippen LogP) is 0.567. The SMILES string of the molecule is O=C([O-])C(Cl)(Cc1ccccc1)[N+](=O)[O-].[NH4+]. The fraction of sp³-hybridized carbons (Fsp3) is 0.222. The Balaban J connectivity index is 0.00000225. The molecule has 0 aliphatic rings. The van der Waals surface area contributed by atoms with E-state index in [-0.39, 0.29) is 6.15 Å². The Hall–Kier alpha value is -1.66. The number of carbonyl (C=O) groups is 1. The molecule has 0 heterocycles. The van der Waals surface area contributed by atoms with Crippen LogP contribution in [0.2, 0.25) is 0 Å². The Morgan fingerprint density at radius 3 is 2.25 bits per heavy atom. The van der Waals surface area contributed by atoms with Crippen molar-refractivity contribution in [2.75, 3.05) is 0 Å². The van der Waals surface area contributed by atoms with Gasteiger partial charge in [0, 0.05) is 4.92 Å². The number of benzene rings is 1. The van der Waals surface area contributed by atoms with Gasteiger partial charge < -0.3 is 16.1 Å². The van der Waals surface area contributed by atoms with Crippen LogP contribution >= 0.6 is 11.6 Å². The van der Waals surface area contributed by atoms with E-state index in [9.17, 15) is 20.0 Å². The molecule has 0 saturated carbocycles. The monoisotopic (exact) mass is 246 g/mol. The van der Waals surface area contributed by atoms with Gasteiger partial charge in [-0.05, 0) is 17.2 Å². The largest absolute Gasteiger partial charge is 0.542 e. The van der Waals surface area contributed by atoms with E-state index in [1.54, 1.807) is 30.3 Å². The molecule has 0 fully saturated rings. The average Bonchev–Trinajstić information content (AvgIpc) is 2.18. The van der Waals surface area contributed by atoms with Crippen LogP contribution in [0.5, 0.6) is 0 Å². The van der Waals surface area contributed by atoms with Gasteiger partial charge in [-0.1, -0.05) is 30.3 Å². The Bertz CT molecular complexity index is 368. The van der Waals surface area contributed by atoms with Crippen molar-refractivity contribution in [3.05, 3.63) is 46.0 Å². The van der Waals surface area contributed by atoms with Crippen LogP contribution in [0.1, 0.15) is 5.56 Å². The molecule has 0 aromatic heterocycles. The number of rotatable bonds is 4. The van der Waals surface area contributed by atoms with Crippen molar-refractivity contribution in [1.29, 1.82) is 0 Å². The first-order chi connectivity index (χ1) is 6.97. The highest BCUT2D eigenvalue weighted by molar-refractivity contribution is 6.32. The summed E-state index contributed by atoms with van der Waals surface area (Å²) >= 11 is 5.38. The minimum absolute atomic E-state index is 0. The normalized spacial score (nSPS) is 13.3. The lowest BCUT2D eigenvalue weighted by Gasteiger charge is -2.18. The summed E-state index contributed by atoms with van der Waals surface area (Å²) in [4.78, 5) is 17.4. The van der Waals surface area contributed by atoms with E-state index < -0.39 is 22.3 Å². The van der Waals surface area contributed by atoms with Crippen LogP contribution in [-0.4, -0.2) is 15.9 Å². The number of hydrogen-bond donors (Lipinski definition) is 1. The summed E-state index contributed by atoms with van der Waals surface area (Å²) in [7, 11) is 0. The molecule has 4 N–H and O–H groups in total. The van der Waals surface area contributed by atoms with E-state index in [2.05, 4.69) is 0 Å². The van der Waals surface area contributed by atoms with Gasteiger partial charge in [0.05, 0.1) is 6.42 Å². The zero-order chi connectivity index (χ0) is 11.5. The Morgan fingerprint density at radius 2 is 1.88 bits per heavy atom. The van der Waals surface area contributed by atoms with Gasteiger partial charge in [0.1, 0.15) is 5.97 Å². The summed E-state index contributed by atoms with van der Waals surface area (Å²) in [6.07, 6.45) is -0.412. The minimum atomic E-state index is -2.60. The number of quaternary nitrogens is 1. The number of nitrogens with zero attached hydrogens (tertiary/aromatic N) is 1. The fourth-order valence-corrected chi connectivity index (χ4v) is 1.23. The molecule has 0 saturated heterocycles. The van der Waals surface area contributed by atoms with Gasteiger partial charge in [0.2, 0.25) is 0 Å². The molecule has 1 aromatic rings. The number of hydrogen-bond acceptors (Lipinski definition) is 4. The van der Waals surface area contributed by atoms with Crippen molar-refractivity contribution < 1.29 is 14.8 Å². The summed E-state index contributed by atoms with van der Waals surface area (Å²) in [6, 6.07) is 8.11. The maximum absolute atomic E-state index is 10.6. The van der Waals surface area contributed by atoms with Crippen LogP contribution in [0, 0.1) is 10.1 Å². The van der Waals surface area contributed by atoms with Crippen molar-refractivity contribution >= 4 is 17.6 Å². The van der Waals surface area contributed by atoms with Crippen LogP contribution in [0.25, 0.3) is 0 Å². The van der Waals surface area contributed by atoms with E-state index in [4.69, 9.17) is 11.6 Å². The molecule has 1 unspecified atom stereocenters. The first-order valence-electron chi connectivity index (χ1n) is 4.05. The molecule has 0 aliphatic heterocycles. The van der Waals surface area contributed by atoms with E-state index >= 15 is 0 Å². The van der Waals surface area contributed by atoms with Crippen LogP contribution in [0.3, 0.4) is 0 Å². The third-order valence-corrected chi connectivity index (χ3v) is 2.31. The summed E-state index contributed by atoms with van der Waals surface area (Å²) < 4.78 is 0. The zero-order valence-electron chi connectivity index (χ0n) is 8.55. The maximum Gasteiger partial charge on any atom is 0.338 e. The molecule has 1 rings (SSSR count). The van der Waals surface area contributed by atoms with Crippen molar-refractivity contribution in [1.82, 2.24) is 6.15 Å². The number of carboxylic acids is 1. The smallest absolute Gasteiger partial charge is 0.338 e. The topological polar surface area (TPSA) is 120 Å². The van der Waals surface area contributed by atoms with E-state index in [0.29, 0.717) is 5.56 Å². The lowest BCUT2D eigenvalue weighted by atomic mass is 10.1. The Morgan fingerprint density at radius 1 is 1.38 bits per heavy atom. The predicted molar refractivity (Wildman–Crippen MR) is 56.7 cm³/mol. The number of nitro groups is 1. The highest BCUT2D eigenvalue weighted by Crippen LogP contribution is 2.21. The average molecular weight is 247 g/mol. The van der Waals surface area contributed by atoms with E-state index in [0.717, 1.165) is 0 Å². The summed E-state index contributed by atoms with van der Waals surface area (Å²) in [5.41, 5.74) is 0.466. The van der Waals surface area contributed by atoms with Gasteiger partial charge in [-0.25, -0.2) is 0 Å². The summed E-state index contributed by atoms with van der Waals surface area (Å²) in [6.45, 7) is 0. The second kappa shape index (κ2) is 5.43. The second-order valence-corrected chi connectivity index (χ2v) is 3.59. The second-order valence-electron chi connectivity index (χ2n) is 2.97. The number of halogens is 1. The molecule has 88 valence electrons. The molecule has 6 nitrogen and oxygen atoms in total. The molecular formula is C9H11ClN2O4. The highest BCUT2D eigenvalue weighted by Gasteiger charge is 2.42. The third-order valence-electron chi connectivity index (χ3n) is 1.88. The number of aliphatic carboxylic acids is 1. The van der Waals surface area contributed by atoms with Gasteiger partial charge in [-0.15, -0.1) is 0 Å². The molecule has 1 aromatic carbocycles. The Labute approximate surface area is 96.6 Å². The fourth-order valence-electron chi connectivity index (χ4n) is 1.08. The number of carbonyl (C=O) groups excluding carboxylic acids is 1. The molecule has 1 atom stereocenters. The maximum atomic E-state index is 10.6. The van der Waals surface area contributed by atoms with E-state index in [1.807, 2.05) is 0 Å². The lowest BCUT2D eigenvalue weighted by Crippen LogP contribution is -2.51. The molecule has 16 heavy (non-hydrogen) atoms. The van der Waals surface area contributed by atoms with Crippen molar-refractivity contribution in [2.45, 2.75) is 11.4 Å². The van der Waals surface area contributed by atoms with Gasteiger partial charge in [-0.3, -0.25) is 10.1 Å². The quantitative estimate of drug-likeness (QED) is 0.361. The van der Waals surface area contributed by atoms with Crippen LogP contribution in [0.4, 0.5) is 0 Å². The van der Waals surface area contributed by atoms with Crippen molar-refractivity contribution in [2.24, 2.45) is 0 Å². The summed E-state index contributed by atoms with van der Waals surface area (Å²) in [5, 5.41) is 21.1. The number of carboxylic acid groups (broad SMARTS) is 1. The minimum Gasteiger partial charge on any atom is -0.542 e.